The lowest BCUT2D eigenvalue weighted by Gasteiger charge is -2.33. The van der Waals surface area contributed by atoms with Crippen molar-refractivity contribution >= 4 is 11.9 Å². The number of aliphatic hydroxyl groups excluding tert-OH is 1. The van der Waals surface area contributed by atoms with Crippen molar-refractivity contribution in [3.8, 4) is 0 Å². The van der Waals surface area contributed by atoms with E-state index in [2.05, 4.69) is 0 Å². The van der Waals surface area contributed by atoms with Gasteiger partial charge in [-0.15, -0.1) is 0 Å². The fourth-order valence-electron chi connectivity index (χ4n) is 2.53. The maximum absolute atomic E-state index is 12.2. The molecule has 0 spiro atoms. The quantitative estimate of drug-likeness (QED) is 0.858. The number of hydrogen-bond acceptors (Lipinski definition) is 6. The fourth-order valence-corrected chi connectivity index (χ4v) is 2.53. The summed E-state index contributed by atoms with van der Waals surface area (Å²) >= 11 is 0. The summed E-state index contributed by atoms with van der Waals surface area (Å²) in [5, 5.41) is 9.68. The second-order valence-electron chi connectivity index (χ2n) is 5.64. The largest absolute Gasteiger partial charge is 0.455 e. The first-order chi connectivity index (χ1) is 12.1. The third-order valence-corrected chi connectivity index (χ3v) is 3.84. The lowest BCUT2D eigenvalue weighted by Crippen LogP contribution is -2.46. The summed E-state index contributed by atoms with van der Waals surface area (Å²) in [6.45, 7) is -0.0491. The molecule has 2 aromatic rings. The maximum Gasteiger partial charge on any atom is 0.338 e. The highest BCUT2D eigenvalue weighted by atomic mass is 16.6. The first-order valence-electron chi connectivity index (χ1n) is 7.95. The predicted octanol–water partition coefficient (Wildman–Crippen LogP) is 2.18. The molecule has 0 bridgehead atoms. The Morgan fingerprint density at radius 2 is 1.32 bits per heavy atom. The number of hydrogen-bond donors (Lipinski definition) is 1. The molecular formula is C19H18O6. The Morgan fingerprint density at radius 1 is 0.840 bits per heavy atom. The SMILES string of the molecule is O=C(O[C@H]1C[C@H](O)OC[C@H]1OC(=O)c1ccccc1)c1ccccc1. The minimum Gasteiger partial charge on any atom is -0.455 e. The van der Waals surface area contributed by atoms with E-state index >= 15 is 0 Å². The third-order valence-electron chi connectivity index (χ3n) is 3.84. The van der Waals surface area contributed by atoms with Gasteiger partial charge < -0.3 is 19.3 Å². The Balaban J connectivity index is 1.68. The average Bonchev–Trinajstić information content (AvgIpc) is 2.65. The molecule has 1 aliphatic rings. The van der Waals surface area contributed by atoms with Crippen molar-refractivity contribution in [1.29, 1.82) is 0 Å². The zero-order chi connectivity index (χ0) is 17.6. The molecule has 0 aliphatic carbocycles. The van der Waals surface area contributed by atoms with E-state index in [-0.39, 0.29) is 13.0 Å². The van der Waals surface area contributed by atoms with Crippen LogP contribution in [0.1, 0.15) is 27.1 Å². The van der Waals surface area contributed by atoms with E-state index in [0.29, 0.717) is 11.1 Å². The number of ether oxygens (including phenoxy) is 3. The zero-order valence-corrected chi connectivity index (χ0v) is 13.4. The van der Waals surface area contributed by atoms with Crippen LogP contribution in [0.25, 0.3) is 0 Å². The lowest BCUT2D eigenvalue weighted by atomic mass is 10.1. The van der Waals surface area contributed by atoms with Crippen molar-refractivity contribution in [3.63, 3.8) is 0 Å². The first-order valence-corrected chi connectivity index (χ1v) is 7.95. The highest BCUT2D eigenvalue weighted by Gasteiger charge is 2.36. The molecule has 130 valence electrons. The van der Waals surface area contributed by atoms with Crippen LogP contribution < -0.4 is 0 Å². The first kappa shape index (κ1) is 17.1. The zero-order valence-electron chi connectivity index (χ0n) is 13.4. The molecule has 1 aliphatic heterocycles. The molecule has 2 aromatic carbocycles. The molecular weight excluding hydrogens is 324 g/mol. The van der Waals surface area contributed by atoms with Crippen LogP contribution in [-0.4, -0.2) is 42.1 Å². The van der Waals surface area contributed by atoms with Crippen LogP contribution in [0.5, 0.6) is 0 Å². The highest BCUT2D eigenvalue weighted by Crippen LogP contribution is 2.21. The van der Waals surface area contributed by atoms with Crippen molar-refractivity contribution in [2.24, 2.45) is 0 Å². The molecule has 25 heavy (non-hydrogen) atoms. The summed E-state index contributed by atoms with van der Waals surface area (Å²) in [5.74, 6) is -1.08. The third kappa shape index (κ3) is 4.43. The second kappa shape index (κ2) is 7.92. The van der Waals surface area contributed by atoms with Crippen molar-refractivity contribution in [1.82, 2.24) is 0 Å². The minimum absolute atomic E-state index is 0.0330. The van der Waals surface area contributed by atoms with Gasteiger partial charge in [-0.2, -0.15) is 0 Å². The number of carbonyl (C=O) groups excluding carboxylic acids is 2. The van der Waals surface area contributed by atoms with E-state index in [0.717, 1.165) is 0 Å². The molecule has 6 heteroatoms. The molecule has 0 aromatic heterocycles. The van der Waals surface area contributed by atoms with E-state index in [4.69, 9.17) is 14.2 Å². The average molecular weight is 342 g/mol. The molecule has 0 radical (unpaired) electrons. The normalized spacial score (nSPS) is 22.8. The van der Waals surface area contributed by atoms with Gasteiger partial charge in [0.05, 0.1) is 17.7 Å². The number of rotatable bonds is 4. The number of benzene rings is 2. The molecule has 1 N–H and O–H groups in total. The summed E-state index contributed by atoms with van der Waals surface area (Å²) in [6.07, 6.45) is -2.61. The molecule has 3 atom stereocenters. The highest BCUT2D eigenvalue weighted by molar-refractivity contribution is 5.90. The van der Waals surface area contributed by atoms with E-state index < -0.39 is 30.4 Å². The van der Waals surface area contributed by atoms with E-state index in [1.54, 1.807) is 60.7 Å². The Morgan fingerprint density at radius 3 is 1.84 bits per heavy atom. The van der Waals surface area contributed by atoms with E-state index in [9.17, 15) is 14.7 Å². The number of carbonyl (C=O) groups is 2. The summed E-state index contributed by atoms with van der Waals surface area (Å²) < 4.78 is 16.0. The van der Waals surface area contributed by atoms with Gasteiger partial charge in [-0.05, 0) is 24.3 Å². The van der Waals surface area contributed by atoms with Crippen molar-refractivity contribution in [2.45, 2.75) is 24.9 Å². The summed E-state index contributed by atoms with van der Waals surface area (Å²) in [6, 6.07) is 17.0. The lowest BCUT2D eigenvalue weighted by molar-refractivity contribution is -0.194. The van der Waals surface area contributed by atoms with Gasteiger partial charge in [0, 0.05) is 6.42 Å². The monoisotopic (exact) mass is 342 g/mol. The molecule has 1 fully saturated rings. The molecule has 0 amide bonds. The van der Waals surface area contributed by atoms with Gasteiger partial charge in [-0.25, -0.2) is 9.59 Å². The van der Waals surface area contributed by atoms with Gasteiger partial charge in [0.2, 0.25) is 0 Å². The second-order valence-corrected chi connectivity index (χ2v) is 5.64. The van der Waals surface area contributed by atoms with Gasteiger partial charge in [0.25, 0.3) is 0 Å². The van der Waals surface area contributed by atoms with Gasteiger partial charge >= 0.3 is 11.9 Å². The fraction of sp³-hybridized carbons (Fsp3) is 0.263. The Hall–Kier alpha value is -2.70. The molecule has 1 heterocycles. The van der Waals surface area contributed by atoms with Crippen LogP contribution in [0.2, 0.25) is 0 Å². The minimum atomic E-state index is -1.07. The van der Waals surface area contributed by atoms with Crippen molar-refractivity contribution in [3.05, 3.63) is 71.8 Å². The van der Waals surface area contributed by atoms with E-state index in [1.807, 2.05) is 0 Å². The summed E-state index contributed by atoms with van der Waals surface area (Å²) in [7, 11) is 0. The molecule has 6 nitrogen and oxygen atoms in total. The number of esters is 2. The molecule has 3 rings (SSSR count). The summed E-state index contributed by atoms with van der Waals surface area (Å²) in [5.41, 5.74) is 0.776. The van der Waals surface area contributed by atoms with Crippen LogP contribution in [-0.2, 0) is 14.2 Å². The van der Waals surface area contributed by atoms with Gasteiger partial charge in [-0.1, -0.05) is 36.4 Å². The Labute approximate surface area is 144 Å². The van der Waals surface area contributed by atoms with Crippen molar-refractivity contribution < 1.29 is 28.9 Å². The van der Waals surface area contributed by atoms with Gasteiger partial charge in [-0.3, -0.25) is 0 Å². The van der Waals surface area contributed by atoms with Crippen LogP contribution >= 0.6 is 0 Å². The molecule has 0 unspecified atom stereocenters. The van der Waals surface area contributed by atoms with Crippen LogP contribution in [0, 0.1) is 0 Å². The van der Waals surface area contributed by atoms with Crippen LogP contribution in [0.4, 0.5) is 0 Å². The van der Waals surface area contributed by atoms with Crippen LogP contribution in [0.3, 0.4) is 0 Å². The van der Waals surface area contributed by atoms with Gasteiger partial charge in [0.15, 0.2) is 12.4 Å². The Kier molecular flexibility index (Phi) is 5.42. The predicted molar refractivity (Wildman–Crippen MR) is 87.9 cm³/mol. The number of aliphatic hydroxyl groups is 1. The smallest absolute Gasteiger partial charge is 0.338 e. The molecule has 0 saturated carbocycles. The van der Waals surface area contributed by atoms with Gasteiger partial charge in [0.1, 0.15) is 6.10 Å². The van der Waals surface area contributed by atoms with Crippen LogP contribution in [0.15, 0.2) is 60.7 Å². The topological polar surface area (TPSA) is 82.1 Å². The van der Waals surface area contributed by atoms with Crippen molar-refractivity contribution in [2.75, 3.05) is 6.61 Å². The summed E-state index contributed by atoms with van der Waals surface area (Å²) in [4.78, 5) is 24.5. The maximum atomic E-state index is 12.2. The van der Waals surface area contributed by atoms with E-state index in [1.165, 1.54) is 0 Å². The Bertz CT molecular complexity index is 715. The standard InChI is InChI=1S/C19H18O6/c20-17-11-15(24-18(21)13-7-3-1-4-8-13)16(12-23-17)25-19(22)14-9-5-2-6-10-14/h1-10,15-17,20H,11-12H2/t15-,16+,17+/m0/s1. The molecule has 1 saturated heterocycles.